The molecule has 0 unspecified atom stereocenters. The number of rotatable bonds is 3. The molecule has 0 atom stereocenters. The number of imide groups is 2. The maximum Gasteiger partial charge on any atom is 0.262 e. The van der Waals surface area contributed by atoms with Crippen molar-refractivity contribution < 1.29 is 19.2 Å². The number of benzene rings is 2. The van der Waals surface area contributed by atoms with Crippen molar-refractivity contribution in [1.29, 1.82) is 0 Å². The molecule has 13 heteroatoms. The highest BCUT2D eigenvalue weighted by Crippen LogP contribution is 2.46. The van der Waals surface area contributed by atoms with Crippen LogP contribution in [-0.4, -0.2) is 46.5 Å². The van der Waals surface area contributed by atoms with Crippen LogP contribution in [0.4, 0.5) is 0 Å². The minimum atomic E-state index is -0.511. The molecular weight excluding hydrogens is 880 g/mol. The molecule has 0 N–H and O–H groups in total. The summed E-state index contributed by atoms with van der Waals surface area (Å²) in [5, 5.41) is 0. The van der Waals surface area contributed by atoms with E-state index in [1.165, 1.54) is 0 Å². The SMILES string of the molecule is Cc1c(Br)c(Br)c2c(c1Br)C(=O)N(CCN1C(=O)c3c(Br)c(Br)c(Br)c(Br)c3C1=O)C2=O. The molecule has 2 heterocycles. The Labute approximate surface area is 240 Å². The van der Waals surface area contributed by atoms with Gasteiger partial charge in [0.15, 0.2) is 0 Å². The van der Waals surface area contributed by atoms with E-state index >= 15 is 0 Å². The van der Waals surface area contributed by atoms with E-state index in [-0.39, 0.29) is 35.3 Å². The van der Waals surface area contributed by atoms with Crippen molar-refractivity contribution >= 4 is 135 Å². The summed E-state index contributed by atoms with van der Waals surface area (Å²) in [4.78, 5) is 54.3. The lowest BCUT2D eigenvalue weighted by Gasteiger charge is -2.19. The van der Waals surface area contributed by atoms with Gasteiger partial charge in [-0.25, -0.2) is 0 Å². The molecule has 4 rings (SSSR count). The first kappa shape index (κ1) is 25.2. The third-order valence-electron chi connectivity index (χ3n) is 5.19. The highest BCUT2D eigenvalue weighted by atomic mass is 79.9. The Hall–Kier alpha value is 0.0800. The smallest absolute Gasteiger partial charge is 0.262 e. The number of hydrogen-bond acceptors (Lipinski definition) is 4. The number of carbonyl (C=O) groups is 4. The Morgan fingerprint density at radius 3 is 1.09 bits per heavy atom. The Morgan fingerprint density at radius 1 is 0.469 bits per heavy atom. The fourth-order valence-corrected chi connectivity index (χ4v) is 7.89. The first-order valence-corrected chi connectivity index (χ1v) is 14.2. The van der Waals surface area contributed by atoms with Gasteiger partial charge in [0.05, 0.1) is 22.3 Å². The van der Waals surface area contributed by atoms with Crippen molar-refractivity contribution in [2.24, 2.45) is 0 Å². The Morgan fingerprint density at radius 2 is 0.750 bits per heavy atom. The van der Waals surface area contributed by atoms with E-state index in [2.05, 4.69) is 112 Å². The summed E-state index contributed by atoms with van der Waals surface area (Å²) in [5.74, 6) is -2.01. The van der Waals surface area contributed by atoms with Gasteiger partial charge in [0.1, 0.15) is 0 Å². The second-order valence-corrected chi connectivity index (χ2v) is 12.4. The Balaban J connectivity index is 1.65. The molecule has 0 bridgehead atoms. The largest absolute Gasteiger partial charge is 0.272 e. The predicted octanol–water partition coefficient (Wildman–Crippen LogP) is 7.22. The third kappa shape index (κ3) is 3.51. The molecular formula is C19H7Br7N2O4. The lowest BCUT2D eigenvalue weighted by atomic mass is 10.1. The molecule has 166 valence electrons. The molecule has 0 aliphatic carbocycles. The van der Waals surface area contributed by atoms with Crippen LogP contribution in [-0.2, 0) is 0 Å². The summed E-state index contributed by atoms with van der Waals surface area (Å²) in [5.41, 5.74) is 1.68. The van der Waals surface area contributed by atoms with Crippen LogP contribution in [0.1, 0.15) is 47.0 Å². The van der Waals surface area contributed by atoms with Crippen LogP contribution in [0, 0.1) is 6.92 Å². The van der Waals surface area contributed by atoms with E-state index in [4.69, 9.17) is 0 Å². The highest BCUT2D eigenvalue weighted by Gasteiger charge is 2.44. The molecule has 0 aromatic heterocycles. The first-order valence-electron chi connectivity index (χ1n) is 8.67. The van der Waals surface area contributed by atoms with Gasteiger partial charge in [0.2, 0.25) is 0 Å². The molecule has 0 saturated heterocycles. The Bertz CT molecular complexity index is 1110. The molecule has 0 spiro atoms. The standard InChI is InChI=1S/C19H7Br7N2O4/c1-4-9(20)5-6(11(22)10(4)21)17(30)27(16(5)29)2-3-28-18(31)7-8(19(28)32)13(24)15(26)14(25)12(7)23/h2-3H2,1H3. The molecule has 2 aliphatic heterocycles. The summed E-state index contributed by atoms with van der Waals surface area (Å²) >= 11 is 23.7. The van der Waals surface area contributed by atoms with E-state index in [9.17, 15) is 19.2 Å². The van der Waals surface area contributed by atoms with Crippen molar-refractivity contribution in [3.8, 4) is 0 Å². The number of halogens is 7. The van der Waals surface area contributed by atoms with E-state index in [0.29, 0.717) is 31.3 Å². The van der Waals surface area contributed by atoms with Gasteiger partial charge in [-0.2, -0.15) is 0 Å². The van der Waals surface area contributed by atoms with Gasteiger partial charge in [0.25, 0.3) is 23.6 Å². The first-order chi connectivity index (χ1) is 14.9. The number of carbonyl (C=O) groups excluding carboxylic acids is 4. The minimum Gasteiger partial charge on any atom is -0.272 e. The maximum atomic E-state index is 13.1. The second kappa shape index (κ2) is 8.94. The van der Waals surface area contributed by atoms with Crippen LogP contribution in [0.3, 0.4) is 0 Å². The molecule has 2 aliphatic rings. The molecule has 0 fully saturated rings. The average molecular weight is 887 g/mol. The van der Waals surface area contributed by atoms with Crippen molar-refractivity contribution in [2.45, 2.75) is 6.92 Å². The zero-order chi connectivity index (χ0) is 23.8. The summed E-state index contributed by atoms with van der Waals surface area (Å²) in [6.45, 7) is 1.54. The summed E-state index contributed by atoms with van der Waals surface area (Å²) in [6.07, 6.45) is 0. The van der Waals surface area contributed by atoms with Crippen molar-refractivity contribution in [3.63, 3.8) is 0 Å². The number of fused-ring (bicyclic) bond motifs is 2. The molecule has 2 aromatic rings. The van der Waals surface area contributed by atoms with Crippen molar-refractivity contribution in [1.82, 2.24) is 9.80 Å². The van der Waals surface area contributed by atoms with Crippen molar-refractivity contribution in [2.75, 3.05) is 13.1 Å². The number of hydrogen-bond donors (Lipinski definition) is 0. The summed E-state index contributed by atoms with van der Waals surface area (Å²) in [7, 11) is 0. The van der Waals surface area contributed by atoms with E-state index in [0.717, 1.165) is 15.4 Å². The van der Waals surface area contributed by atoms with Gasteiger partial charge >= 0.3 is 0 Å². The summed E-state index contributed by atoms with van der Waals surface area (Å²) < 4.78 is 3.72. The summed E-state index contributed by atoms with van der Waals surface area (Å²) in [6, 6.07) is 0. The molecule has 4 amide bonds. The van der Waals surface area contributed by atoms with Crippen LogP contribution in [0.5, 0.6) is 0 Å². The normalized spacial score (nSPS) is 15.2. The fraction of sp³-hybridized carbons (Fsp3) is 0.158. The molecule has 6 nitrogen and oxygen atoms in total. The minimum absolute atomic E-state index is 0.134. The van der Waals surface area contributed by atoms with E-state index in [1.807, 2.05) is 6.92 Å². The molecule has 32 heavy (non-hydrogen) atoms. The number of nitrogens with zero attached hydrogens (tertiary/aromatic N) is 2. The zero-order valence-corrected chi connectivity index (χ0v) is 26.7. The topological polar surface area (TPSA) is 74.8 Å². The van der Waals surface area contributed by atoms with Crippen LogP contribution in [0.2, 0.25) is 0 Å². The zero-order valence-electron chi connectivity index (χ0n) is 15.6. The maximum absolute atomic E-state index is 13.1. The molecule has 0 saturated carbocycles. The fourth-order valence-electron chi connectivity index (χ4n) is 3.54. The van der Waals surface area contributed by atoms with Gasteiger partial charge in [-0.3, -0.25) is 29.0 Å². The highest BCUT2D eigenvalue weighted by molar-refractivity contribution is 9.15. The lowest BCUT2D eigenvalue weighted by Crippen LogP contribution is -2.40. The Kier molecular flexibility index (Phi) is 7.04. The number of amides is 4. The third-order valence-corrected chi connectivity index (χ3v) is 13.3. The van der Waals surface area contributed by atoms with Gasteiger partial charge in [0, 0.05) is 44.4 Å². The monoisotopic (exact) mass is 879 g/mol. The van der Waals surface area contributed by atoms with Crippen LogP contribution in [0.25, 0.3) is 0 Å². The van der Waals surface area contributed by atoms with Crippen molar-refractivity contribution in [3.05, 3.63) is 59.1 Å². The predicted molar refractivity (Wildman–Crippen MR) is 142 cm³/mol. The lowest BCUT2D eigenvalue weighted by molar-refractivity contribution is 0.0560. The van der Waals surface area contributed by atoms with Gasteiger partial charge in [-0.1, -0.05) is 0 Å². The van der Waals surface area contributed by atoms with E-state index < -0.39 is 23.6 Å². The van der Waals surface area contributed by atoms with Crippen LogP contribution in [0.15, 0.2) is 31.3 Å². The average Bonchev–Trinajstić information content (AvgIpc) is 3.15. The van der Waals surface area contributed by atoms with E-state index in [1.54, 1.807) is 0 Å². The second-order valence-electron chi connectivity index (χ2n) is 6.85. The van der Waals surface area contributed by atoms with Crippen LogP contribution >= 0.6 is 112 Å². The quantitative estimate of drug-likeness (QED) is 0.186. The molecule has 0 radical (unpaired) electrons. The molecule has 2 aromatic carbocycles. The van der Waals surface area contributed by atoms with Gasteiger partial charge in [-0.05, 0) is 124 Å². The van der Waals surface area contributed by atoms with Gasteiger partial charge < -0.3 is 0 Å². The van der Waals surface area contributed by atoms with Gasteiger partial charge in [-0.15, -0.1) is 0 Å². The van der Waals surface area contributed by atoms with Crippen LogP contribution < -0.4 is 0 Å².